The molecule has 2 bridgehead atoms. The first-order valence-electron chi connectivity index (χ1n) is 3.96. The van der Waals surface area contributed by atoms with Crippen molar-refractivity contribution >= 4 is 0 Å². The van der Waals surface area contributed by atoms with Crippen molar-refractivity contribution in [1.29, 1.82) is 0 Å². The van der Waals surface area contributed by atoms with E-state index in [4.69, 9.17) is 0 Å². The molecule has 0 unspecified atom stereocenters. The van der Waals surface area contributed by atoms with Gasteiger partial charge in [0.25, 0.3) is 0 Å². The Morgan fingerprint density at radius 2 is 2.22 bits per heavy atom. The third-order valence-electron chi connectivity index (χ3n) is 2.73. The average Bonchev–Trinajstić information content (AvgIpc) is 1.95. The Kier molecular flexibility index (Phi) is 0.992. The standard InChI is InChI=1S/C9H14/c1-9-5-3-2-4-8(6-9)7-9/h4H,2-3,5-7H2,1H3. The molecule has 0 aromatic carbocycles. The Morgan fingerprint density at radius 1 is 1.44 bits per heavy atom. The van der Waals surface area contributed by atoms with Gasteiger partial charge in [0.15, 0.2) is 0 Å². The van der Waals surface area contributed by atoms with E-state index < -0.39 is 0 Å². The average molecular weight is 122 g/mol. The number of hydrogen-bond donors (Lipinski definition) is 0. The maximum Gasteiger partial charge on any atom is -0.0251 e. The van der Waals surface area contributed by atoms with Crippen molar-refractivity contribution in [2.75, 3.05) is 0 Å². The molecule has 0 saturated heterocycles. The van der Waals surface area contributed by atoms with Crippen LogP contribution in [0.1, 0.15) is 39.0 Å². The number of hydrogen-bond acceptors (Lipinski definition) is 0. The van der Waals surface area contributed by atoms with Crippen LogP contribution in [0.2, 0.25) is 0 Å². The summed E-state index contributed by atoms with van der Waals surface area (Å²) in [6, 6.07) is 0. The topological polar surface area (TPSA) is 0 Å². The van der Waals surface area contributed by atoms with E-state index in [1.54, 1.807) is 5.57 Å². The monoisotopic (exact) mass is 122 g/mol. The van der Waals surface area contributed by atoms with Gasteiger partial charge in [-0.25, -0.2) is 0 Å². The first-order valence-corrected chi connectivity index (χ1v) is 3.96. The van der Waals surface area contributed by atoms with E-state index in [9.17, 15) is 0 Å². The van der Waals surface area contributed by atoms with E-state index in [1.807, 2.05) is 0 Å². The maximum atomic E-state index is 2.45. The molecular formula is C9H14. The van der Waals surface area contributed by atoms with Crippen LogP contribution in [0.25, 0.3) is 0 Å². The molecule has 0 radical (unpaired) electrons. The molecule has 0 amide bonds. The van der Waals surface area contributed by atoms with Crippen LogP contribution in [0.3, 0.4) is 0 Å². The van der Waals surface area contributed by atoms with Crippen molar-refractivity contribution in [1.82, 2.24) is 0 Å². The van der Waals surface area contributed by atoms with Crippen molar-refractivity contribution in [2.24, 2.45) is 5.41 Å². The summed E-state index contributed by atoms with van der Waals surface area (Å²) in [6.07, 6.45) is 9.52. The van der Waals surface area contributed by atoms with Crippen molar-refractivity contribution in [3.05, 3.63) is 11.6 Å². The highest BCUT2D eigenvalue weighted by Crippen LogP contribution is 2.50. The third kappa shape index (κ3) is 0.810. The highest BCUT2D eigenvalue weighted by molar-refractivity contribution is 5.19. The molecule has 1 fully saturated rings. The van der Waals surface area contributed by atoms with Gasteiger partial charge in [0.2, 0.25) is 0 Å². The molecule has 0 atom stereocenters. The number of rotatable bonds is 0. The molecule has 0 heterocycles. The lowest BCUT2D eigenvalue weighted by atomic mass is 9.66. The van der Waals surface area contributed by atoms with Gasteiger partial charge in [-0.2, -0.15) is 0 Å². The molecular weight excluding hydrogens is 108 g/mol. The molecule has 0 N–H and O–H groups in total. The summed E-state index contributed by atoms with van der Waals surface area (Å²) < 4.78 is 0. The van der Waals surface area contributed by atoms with E-state index in [1.165, 1.54) is 32.1 Å². The van der Waals surface area contributed by atoms with Gasteiger partial charge in [-0.05, 0) is 37.5 Å². The lowest BCUT2D eigenvalue weighted by Gasteiger charge is -2.39. The molecule has 1 saturated carbocycles. The summed E-state index contributed by atoms with van der Waals surface area (Å²) in [6.45, 7) is 2.43. The summed E-state index contributed by atoms with van der Waals surface area (Å²) in [5.41, 5.74) is 2.47. The van der Waals surface area contributed by atoms with Crippen LogP contribution >= 0.6 is 0 Å². The fraction of sp³-hybridized carbons (Fsp3) is 0.778. The summed E-state index contributed by atoms with van der Waals surface area (Å²) in [7, 11) is 0. The van der Waals surface area contributed by atoms with Gasteiger partial charge in [0, 0.05) is 0 Å². The minimum atomic E-state index is 0.738. The molecule has 3 aliphatic rings. The van der Waals surface area contributed by atoms with Crippen LogP contribution in [-0.2, 0) is 0 Å². The van der Waals surface area contributed by atoms with Crippen LogP contribution in [0.15, 0.2) is 11.6 Å². The maximum absolute atomic E-state index is 2.45. The molecule has 0 heteroatoms. The number of allylic oxidation sites excluding steroid dienone is 2. The Bertz CT molecular complexity index is 145. The van der Waals surface area contributed by atoms with Crippen molar-refractivity contribution < 1.29 is 0 Å². The Labute approximate surface area is 57.0 Å². The van der Waals surface area contributed by atoms with Crippen LogP contribution < -0.4 is 0 Å². The van der Waals surface area contributed by atoms with E-state index in [2.05, 4.69) is 13.0 Å². The Hall–Kier alpha value is -0.260. The summed E-state index contributed by atoms with van der Waals surface area (Å²) in [5, 5.41) is 0. The number of fused-ring (bicyclic) bond motifs is 3. The van der Waals surface area contributed by atoms with Gasteiger partial charge in [0.1, 0.15) is 0 Å². The summed E-state index contributed by atoms with van der Waals surface area (Å²) in [5.74, 6) is 0. The van der Waals surface area contributed by atoms with Crippen molar-refractivity contribution in [3.8, 4) is 0 Å². The van der Waals surface area contributed by atoms with E-state index >= 15 is 0 Å². The lowest BCUT2D eigenvalue weighted by Crippen LogP contribution is -2.26. The van der Waals surface area contributed by atoms with Crippen LogP contribution in [0, 0.1) is 5.41 Å². The minimum absolute atomic E-state index is 0.738. The molecule has 50 valence electrons. The van der Waals surface area contributed by atoms with Gasteiger partial charge in [0.05, 0.1) is 0 Å². The van der Waals surface area contributed by atoms with Gasteiger partial charge < -0.3 is 0 Å². The second kappa shape index (κ2) is 1.62. The second-order valence-corrected chi connectivity index (χ2v) is 3.92. The third-order valence-corrected chi connectivity index (χ3v) is 2.73. The molecule has 9 heavy (non-hydrogen) atoms. The highest BCUT2D eigenvalue weighted by atomic mass is 14.4. The zero-order chi connectivity index (χ0) is 6.32. The fourth-order valence-electron chi connectivity index (χ4n) is 2.20. The normalized spacial score (nSPS) is 30.1. The predicted octanol–water partition coefficient (Wildman–Crippen LogP) is 2.90. The first-order chi connectivity index (χ1) is 4.29. The molecule has 0 nitrogen and oxygen atoms in total. The van der Waals surface area contributed by atoms with E-state index in [-0.39, 0.29) is 0 Å². The molecule has 0 aliphatic heterocycles. The second-order valence-electron chi connectivity index (χ2n) is 3.92. The summed E-state index contributed by atoms with van der Waals surface area (Å²) >= 11 is 0. The molecule has 3 rings (SSSR count). The molecule has 0 aromatic heterocycles. The zero-order valence-electron chi connectivity index (χ0n) is 6.11. The molecule has 3 aliphatic carbocycles. The van der Waals surface area contributed by atoms with Crippen LogP contribution in [0.4, 0.5) is 0 Å². The predicted molar refractivity (Wildman–Crippen MR) is 39.3 cm³/mol. The molecule has 0 spiro atoms. The lowest BCUT2D eigenvalue weighted by molar-refractivity contribution is 0.222. The molecule has 0 aromatic rings. The van der Waals surface area contributed by atoms with Crippen LogP contribution in [0.5, 0.6) is 0 Å². The van der Waals surface area contributed by atoms with Crippen molar-refractivity contribution in [2.45, 2.75) is 39.0 Å². The smallest absolute Gasteiger partial charge is 0.0251 e. The quantitative estimate of drug-likeness (QED) is 0.433. The Balaban J connectivity index is 2.16. The van der Waals surface area contributed by atoms with Gasteiger partial charge >= 0.3 is 0 Å². The largest absolute Gasteiger partial charge is 0.0853 e. The van der Waals surface area contributed by atoms with Gasteiger partial charge in [-0.3, -0.25) is 0 Å². The van der Waals surface area contributed by atoms with Gasteiger partial charge in [-0.15, -0.1) is 0 Å². The minimum Gasteiger partial charge on any atom is -0.0853 e. The van der Waals surface area contributed by atoms with Gasteiger partial charge in [-0.1, -0.05) is 18.6 Å². The highest BCUT2D eigenvalue weighted by Gasteiger charge is 2.36. The first kappa shape index (κ1) is 5.52. The van der Waals surface area contributed by atoms with E-state index in [0.29, 0.717) is 0 Å². The van der Waals surface area contributed by atoms with Crippen molar-refractivity contribution in [3.63, 3.8) is 0 Å². The summed E-state index contributed by atoms with van der Waals surface area (Å²) in [4.78, 5) is 0. The fourth-order valence-corrected chi connectivity index (χ4v) is 2.20. The zero-order valence-corrected chi connectivity index (χ0v) is 6.11. The SMILES string of the molecule is CC12CCCC=C(C1)C2. The van der Waals surface area contributed by atoms with E-state index in [0.717, 1.165) is 5.41 Å². The Morgan fingerprint density at radius 3 is 3.00 bits per heavy atom. The van der Waals surface area contributed by atoms with Crippen LogP contribution in [-0.4, -0.2) is 0 Å².